The van der Waals surface area contributed by atoms with Crippen molar-refractivity contribution in [1.29, 1.82) is 0 Å². The number of ether oxygens (including phenoxy) is 1. The second-order valence-electron chi connectivity index (χ2n) is 4.39. The molecule has 4 nitrogen and oxygen atoms in total. The second-order valence-corrected chi connectivity index (χ2v) is 5.24. The van der Waals surface area contributed by atoms with E-state index >= 15 is 0 Å². The van der Waals surface area contributed by atoms with E-state index in [4.69, 9.17) is 10.5 Å². The van der Waals surface area contributed by atoms with Gasteiger partial charge in [-0.2, -0.15) is 0 Å². The molecule has 1 unspecified atom stereocenters. The summed E-state index contributed by atoms with van der Waals surface area (Å²) in [5.41, 5.74) is 8.26. The van der Waals surface area contributed by atoms with Crippen LogP contribution in [-0.2, 0) is 6.42 Å². The standard InChI is InChI=1S/C14H16BrN3O/c1-9-7-17-14(18-8-9)13(16)6-10-5-11(19-2)3-4-12(10)15/h3-5,7-8,13H,6,16H2,1-2H3. The molecule has 2 rings (SSSR count). The number of rotatable bonds is 4. The lowest BCUT2D eigenvalue weighted by Gasteiger charge is -2.12. The fourth-order valence-corrected chi connectivity index (χ4v) is 2.17. The lowest BCUT2D eigenvalue weighted by molar-refractivity contribution is 0.414. The summed E-state index contributed by atoms with van der Waals surface area (Å²) in [6.45, 7) is 1.95. The minimum Gasteiger partial charge on any atom is -0.497 e. The van der Waals surface area contributed by atoms with Crippen molar-refractivity contribution in [3.8, 4) is 5.75 Å². The van der Waals surface area contributed by atoms with Crippen molar-refractivity contribution in [3.63, 3.8) is 0 Å². The molecule has 0 saturated heterocycles. The zero-order valence-electron chi connectivity index (χ0n) is 10.9. The molecular formula is C14H16BrN3O. The van der Waals surface area contributed by atoms with Crippen LogP contribution in [0, 0.1) is 6.92 Å². The molecule has 1 heterocycles. The van der Waals surface area contributed by atoms with Gasteiger partial charge in [0, 0.05) is 16.9 Å². The maximum Gasteiger partial charge on any atom is 0.145 e. The highest BCUT2D eigenvalue weighted by Gasteiger charge is 2.12. The number of hydrogen-bond acceptors (Lipinski definition) is 4. The maximum absolute atomic E-state index is 6.15. The Bertz CT molecular complexity index is 557. The minimum atomic E-state index is -0.232. The SMILES string of the molecule is COc1ccc(Br)c(CC(N)c2ncc(C)cn2)c1. The molecule has 0 bridgehead atoms. The topological polar surface area (TPSA) is 61.0 Å². The van der Waals surface area contributed by atoms with Crippen molar-refractivity contribution in [2.45, 2.75) is 19.4 Å². The molecule has 100 valence electrons. The third-order valence-corrected chi connectivity index (χ3v) is 3.60. The van der Waals surface area contributed by atoms with E-state index in [1.54, 1.807) is 19.5 Å². The van der Waals surface area contributed by atoms with E-state index in [1.165, 1.54) is 0 Å². The first-order valence-electron chi connectivity index (χ1n) is 5.96. The normalized spacial score (nSPS) is 12.2. The van der Waals surface area contributed by atoms with Gasteiger partial charge in [-0.3, -0.25) is 0 Å². The average molecular weight is 322 g/mol. The lowest BCUT2D eigenvalue weighted by atomic mass is 10.1. The molecule has 5 heteroatoms. The van der Waals surface area contributed by atoms with Gasteiger partial charge in [-0.1, -0.05) is 15.9 Å². The van der Waals surface area contributed by atoms with E-state index in [1.807, 2.05) is 25.1 Å². The first kappa shape index (κ1) is 14.0. The Hall–Kier alpha value is -1.46. The number of aryl methyl sites for hydroxylation is 1. The molecule has 0 fully saturated rings. The van der Waals surface area contributed by atoms with Crippen molar-refractivity contribution in [1.82, 2.24) is 9.97 Å². The summed E-state index contributed by atoms with van der Waals surface area (Å²) >= 11 is 3.52. The van der Waals surface area contributed by atoms with Crippen LogP contribution < -0.4 is 10.5 Å². The summed E-state index contributed by atoms with van der Waals surface area (Å²) in [6.07, 6.45) is 4.21. The quantitative estimate of drug-likeness (QED) is 0.940. The summed E-state index contributed by atoms with van der Waals surface area (Å²) in [5, 5.41) is 0. The van der Waals surface area contributed by atoms with Gasteiger partial charge >= 0.3 is 0 Å². The Balaban J connectivity index is 2.18. The molecule has 19 heavy (non-hydrogen) atoms. The largest absolute Gasteiger partial charge is 0.497 e. The van der Waals surface area contributed by atoms with Crippen molar-refractivity contribution < 1.29 is 4.74 Å². The van der Waals surface area contributed by atoms with Crippen LogP contribution in [0.3, 0.4) is 0 Å². The van der Waals surface area contributed by atoms with Crippen LogP contribution >= 0.6 is 15.9 Å². The van der Waals surface area contributed by atoms with Crippen molar-refractivity contribution in [2.24, 2.45) is 5.73 Å². The molecule has 0 aliphatic carbocycles. The van der Waals surface area contributed by atoms with Gasteiger partial charge in [0.2, 0.25) is 0 Å². The van der Waals surface area contributed by atoms with Gasteiger partial charge in [-0.05, 0) is 42.7 Å². The molecule has 0 amide bonds. The van der Waals surface area contributed by atoms with Crippen LogP contribution in [0.2, 0.25) is 0 Å². The number of hydrogen-bond donors (Lipinski definition) is 1. The summed E-state index contributed by atoms with van der Waals surface area (Å²) in [7, 11) is 1.65. The van der Waals surface area contributed by atoms with Gasteiger partial charge in [0.1, 0.15) is 11.6 Å². The molecule has 0 radical (unpaired) electrons. The Morgan fingerprint density at radius 2 is 2.00 bits per heavy atom. The van der Waals surface area contributed by atoms with E-state index < -0.39 is 0 Å². The zero-order chi connectivity index (χ0) is 13.8. The average Bonchev–Trinajstić information content (AvgIpc) is 2.42. The molecule has 0 aliphatic rings. The predicted octanol–water partition coefficient (Wildman–Crippen LogP) is 2.80. The number of nitrogens with two attached hydrogens (primary N) is 1. The fraction of sp³-hybridized carbons (Fsp3) is 0.286. The van der Waals surface area contributed by atoms with E-state index in [0.717, 1.165) is 21.3 Å². The first-order valence-corrected chi connectivity index (χ1v) is 6.76. The molecule has 1 aromatic carbocycles. The van der Waals surface area contributed by atoms with Gasteiger partial charge in [-0.25, -0.2) is 9.97 Å². The number of nitrogens with zero attached hydrogens (tertiary/aromatic N) is 2. The lowest BCUT2D eigenvalue weighted by Crippen LogP contribution is -2.17. The molecular weight excluding hydrogens is 306 g/mol. The van der Waals surface area contributed by atoms with Crippen LogP contribution in [-0.4, -0.2) is 17.1 Å². The fourth-order valence-electron chi connectivity index (χ4n) is 1.76. The Labute approximate surface area is 121 Å². The van der Waals surface area contributed by atoms with Crippen molar-refractivity contribution in [3.05, 3.63) is 52.0 Å². The molecule has 1 atom stereocenters. The number of methoxy groups -OCH3 is 1. The van der Waals surface area contributed by atoms with Crippen LogP contribution in [0.5, 0.6) is 5.75 Å². The van der Waals surface area contributed by atoms with E-state index in [9.17, 15) is 0 Å². The Kier molecular flexibility index (Phi) is 4.50. The van der Waals surface area contributed by atoms with Gasteiger partial charge in [0.15, 0.2) is 0 Å². The van der Waals surface area contributed by atoms with Gasteiger partial charge < -0.3 is 10.5 Å². The summed E-state index contributed by atoms with van der Waals surface area (Å²) in [6, 6.07) is 5.60. The molecule has 2 N–H and O–H groups in total. The van der Waals surface area contributed by atoms with E-state index in [-0.39, 0.29) is 6.04 Å². The first-order chi connectivity index (χ1) is 9.10. The third kappa shape index (κ3) is 3.52. The summed E-state index contributed by atoms with van der Waals surface area (Å²) in [5.74, 6) is 1.47. The van der Waals surface area contributed by atoms with Crippen LogP contribution in [0.15, 0.2) is 35.1 Å². The van der Waals surface area contributed by atoms with Crippen LogP contribution in [0.1, 0.15) is 23.0 Å². The van der Waals surface area contributed by atoms with E-state index in [0.29, 0.717) is 12.2 Å². The monoisotopic (exact) mass is 321 g/mol. The minimum absolute atomic E-state index is 0.232. The molecule has 0 saturated carbocycles. The van der Waals surface area contributed by atoms with Crippen LogP contribution in [0.25, 0.3) is 0 Å². The van der Waals surface area contributed by atoms with Crippen molar-refractivity contribution in [2.75, 3.05) is 7.11 Å². The third-order valence-electron chi connectivity index (χ3n) is 2.83. The molecule has 0 aliphatic heterocycles. The predicted molar refractivity (Wildman–Crippen MR) is 78.1 cm³/mol. The Morgan fingerprint density at radius 3 is 2.63 bits per heavy atom. The summed E-state index contributed by atoms with van der Waals surface area (Å²) < 4.78 is 6.23. The van der Waals surface area contributed by atoms with Gasteiger partial charge in [0.05, 0.1) is 13.2 Å². The highest BCUT2D eigenvalue weighted by molar-refractivity contribution is 9.10. The Morgan fingerprint density at radius 1 is 1.32 bits per heavy atom. The smallest absolute Gasteiger partial charge is 0.145 e. The number of halogens is 1. The summed E-state index contributed by atoms with van der Waals surface area (Å²) in [4.78, 5) is 8.53. The van der Waals surface area contributed by atoms with Gasteiger partial charge in [-0.15, -0.1) is 0 Å². The highest BCUT2D eigenvalue weighted by Crippen LogP contribution is 2.25. The number of benzene rings is 1. The molecule has 0 spiro atoms. The van der Waals surface area contributed by atoms with Crippen LogP contribution in [0.4, 0.5) is 0 Å². The highest BCUT2D eigenvalue weighted by atomic mass is 79.9. The van der Waals surface area contributed by atoms with Crippen molar-refractivity contribution >= 4 is 15.9 Å². The number of aromatic nitrogens is 2. The zero-order valence-corrected chi connectivity index (χ0v) is 12.5. The van der Waals surface area contributed by atoms with Gasteiger partial charge in [0.25, 0.3) is 0 Å². The molecule has 1 aromatic heterocycles. The van der Waals surface area contributed by atoms with E-state index in [2.05, 4.69) is 25.9 Å². The molecule has 2 aromatic rings. The second kappa shape index (κ2) is 6.12. The maximum atomic E-state index is 6.15.